The van der Waals surface area contributed by atoms with Crippen molar-refractivity contribution in [1.29, 1.82) is 0 Å². The Morgan fingerprint density at radius 3 is 2.90 bits per heavy atom. The molecule has 2 rings (SSSR count). The molecule has 0 saturated heterocycles. The van der Waals surface area contributed by atoms with Gasteiger partial charge in [-0.15, -0.1) is 0 Å². The Morgan fingerprint density at radius 2 is 2.24 bits per heavy atom. The van der Waals surface area contributed by atoms with Gasteiger partial charge >= 0.3 is 0 Å². The molecule has 21 heavy (non-hydrogen) atoms. The highest BCUT2D eigenvalue weighted by Crippen LogP contribution is 2.35. The van der Waals surface area contributed by atoms with Crippen LogP contribution in [0.2, 0.25) is 0 Å². The topological polar surface area (TPSA) is 68.0 Å². The zero-order valence-corrected chi connectivity index (χ0v) is 13.4. The molecule has 1 amide bonds. The third kappa shape index (κ3) is 4.45. The van der Waals surface area contributed by atoms with Gasteiger partial charge in [-0.05, 0) is 43.2 Å². The number of amides is 1. The minimum atomic E-state index is -0.0239. The Hall–Kier alpha value is -1.58. The van der Waals surface area contributed by atoms with Crippen LogP contribution < -0.4 is 11.1 Å². The minimum absolute atomic E-state index is 0.0239. The summed E-state index contributed by atoms with van der Waals surface area (Å²) in [5.41, 5.74) is 7.66. The fraction of sp³-hybridized carbons (Fsp3) is 0.647. The number of nitrogen functional groups attached to an aromatic ring is 1. The second kappa shape index (κ2) is 6.46. The number of carbonyl (C=O) groups is 1. The maximum atomic E-state index is 12.4. The number of aromatic nitrogens is 1. The van der Waals surface area contributed by atoms with Gasteiger partial charge in [0.25, 0.3) is 5.91 Å². The molecule has 0 aromatic carbocycles. The number of nitrogens with two attached hydrogens (primary N) is 1. The third-order valence-corrected chi connectivity index (χ3v) is 4.21. The van der Waals surface area contributed by atoms with Crippen molar-refractivity contribution >= 4 is 11.7 Å². The molecule has 4 nitrogen and oxygen atoms in total. The lowest BCUT2D eigenvalue weighted by Gasteiger charge is -2.35. The molecule has 0 radical (unpaired) electrons. The van der Waals surface area contributed by atoms with E-state index >= 15 is 0 Å². The standard InChI is InChI=1S/C17H27N3O/c1-4-6-13-9-12(10-15(18)19-13)16(21)20-14-7-5-8-17(2,3)11-14/h9-10,14H,4-8,11H2,1-3H3,(H2,18,19)(H,20,21). The van der Waals surface area contributed by atoms with Crippen LogP contribution in [0.25, 0.3) is 0 Å². The zero-order chi connectivity index (χ0) is 15.5. The summed E-state index contributed by atoms with van der Waals surface area (Å²) in [6, 6.07) is 3.80. The van der Waals surface area contributed by atoms with E-state index in [0.717, 1.165) is 31.4 Å². The highest BCUT2D eigenvalue weighted by Gasteiger charge is 2.29. The van der Waals surface area contributed by atoms with Crippen molar-refractivity contribution in [3.05, 3.63) is 23.4 Å². The van der Waals surface area contributed by atoms with E-state index < -0.39 is 0 Å². The normalized spacial score (nSPS) is 21.0. The van der Waals surface area contributed by atoms with E-state index in [-0.39, 0.29) is 11.9 Å². The molecule has 3 N–H and O–H groups in total. The first-order valence-electron chi connectivity index (χ1n) is 7.97. The first-order chi connectivity index (χ1) is 9.89. The van der Waals surface area contributed by atoms with Crippen LogP contribution in [0, 0.1) is 5.41 Å². The molecular formula is C17H27N3O. The molecule has 1 aliphatic carbocycles. The number of nitrogens with one attached hydrogen (secondary N) is 1. The van der Waals surface area contributed by atoms with Crippen molar-refractivity contribution in [3.8, 4) is 0 Å². The van der Waals surface area contributed by atoms with E-state index in [0.29, 0.717) is 16.8 Å². The summed E-state index contributed by atoms with van der Waals surface area (Å²) in [5.74, 6) is 0.402. The van der Waals surface area contributed by atoms with Crippen LogP contribution in [0.1, 0.15) is 68.9 Å². The van der Waals surface area contributed by atoms with Crippen LogP contribution >= 0.6 is 0 Å². The maximum absolute atomic E-state index is 12.4. The van der Waals surface area contributed by atoms with Crippen LogP contribution in [-0.2, 0) is 6.42 Å². The van der Waals surface area contributed by atoms with Gasteiger partial charge in [0.2, 0.25) is 0 Å². The Balaban J connectivity index is 2.06. The van der Waals surface area contributed by atoms with Crippen LogP contribution in [0.15, 0.2) is 12.1 Å². The van der Waals surface area contributed by atoms with E-state index in [1.165, 1.54) is 12.8 Å². The van der Waals surface area contributed by atoms with Gasteiger partial charge in [-0.1, -0.05) is 33.6 Å². The summed E-state index contributed by atoms with van der Waals surface area (Å²) in [5, 5.41) is 3.17. The van der Waals surface area contributed by atoms with Gasteiger partial charge in [0.15, 0.2) is 0 Å². The quantitative estimate of drug-likeness (QED) is 0.893. The third-order valence-electron chi connectivity index (χ3n) is 4.21. The smallest absolute Gasteiger partial charge is 0.251 e. The Bertz CT molecular complexity index is 511. The van der Waals surface area contributed by atoms with Gasteiger partial charge in [-0.3, -0.25) is 4.79 Å². The molecule has 116 valence electrons. The molecule has 1 aromatic rings. The van der Waals surface area contributed by atoms with Gasteiger partial charge < -0.3 is 11.1 Å². The van der Waals surface area contributed by atoms with E-state index in [4.69, 9.17) is 5.73 Å². The molecular weight excluding hydrogens is 262 g/mol. The average molecular weight is 289 g/mol. The summed E-state index contributed by atoms with van der Waals surface area (Å²) in [6.45, 7) is 6.64. The minimum Gasteiger partial charge on any atom is -0.384 e. The number of anilines is 1. The van der Waals surface area contributed by atoms with Crippen molar-refractivity contribution in [2.45, 2.75) is 65.3 Å². The lowest BCUT2D eigenvalue weighted by atomic mass is 9.75. The fourth-order valence-corrected chi connectivity index (χ4v) is 3.22. The highest BCUT2D eigenvalue weighted by atomic mass is 16.1. The second-order valence-corrected chi connectivity index (χ2v) is 6.95. The molecule has 1 saturated carbocycles. The van der Waals surface area contributed by atoms with Crippen molar-refractivity contribution < 1.29 is 4.79 Å². The lowest BCUT2D eigenvalue weighted by Crippen LogP contribution is -2.40. The zero-order valence-electron chi connectivity index (χ0n) is 13.4. The number of rotatable bonds is 4. The predicted molar refractivity (Wildman–Crippen MR) is 86.1 cm³/mol. The number of pyridine rings is 1. The summed E-state index contributed by atoms with van der Waals surface area (Å²) in [4.78, 5) is 16.7. The average Bonchev–Trinajstić information content (AvgIpc) is 2.37. The van der Waals surface area contributed by atoms with Gasteiger partial charge in [0.05, 0.1) is 0 Å². The molecule has 4 heteroatoms. The monoisotopic (exact) mass is 289 g/mol. The molecule has 1 atom stereocenters. The van der Waals surface area contributed by atoms with Crippen LogP contribution in [-0.4, -0.2) is 16.9 Å². The van der Waals surface area contributed by atoms with E-state index in [2.05, 4.69) is 31.1 Å². The molecule has 1 aliphatic rings. The summed E-state index contributed by atoms with van der Waals surface area (Å²) in [7, 11) is 0. The van der Waals surface area contributed by atoms with Gasteiger partial charge in [0.1, 0.15) is 5.82 Å². The molecule has 1 aromatic heterocycles. The van der Waals surface area contributed by atoms with Gasteiger partial charge in [0, 0.05) is 17.3 Å². The first kappa shape index (κ1) is 15.8. The molecule has 0 aliphatic heterocycles. The molecule has 0 bridgehead atoms. The predicted octanol–water partition coefficient (Wildman–Crippen LogP) is 3.31. The van der Waals surface area contributed by atoms with Gasteiger partial charge in [-0.2, -0.15) is 0 Å². The van der Waals surface area contributed by atoms with E-state index in [1.807, 2.05) is 6.07 Å². The SMILES string of the molecule is CCCc1cc(C(=O)NC2CCCC(C)(C)C2)cc(N)n1. The first-order valence-corrected chi connectivity index (χ1v) is 7.97. The molecule has 1 fully saturated rings. The van der Waals surface area contributed by atoms with Crippen molar-refractivity contribution in [1.82, 2.24) is 10.3 Å². The second-order valence-electron chi connectivity index (χ2n) is 6.95. The number of hydrogen-bond acceptors (Lipinski definition) is 3. The van der Waals surface area contributed by atoms with E-state index in [9.17, 15) is 4.79 Å². The van der Waals surface area contributed by atoms with Crippen molar-refractivity contribution in [3.63, 3.8) is 0 Å². The molecule has 1 unspecified atom stereocenters. The summed E-state index contributed by atoms with van der Waals surface area (Å²) >= 11 is 0. The summed E-state index contributed by atoms with van der Waals surface area (Å²) in [6.07, 6.45) is 6.37. The fourth-order valence-electron chi connectivity index (χ4n) is 3.22. The Labute approximate surface area is 127 Å². The highest BCUT2D eigenvalue weighted by molar-refractivity contribution is 5.95. The number of carbonyl (C=O) groups excluding carboxylic acids is 1. The van der Waals surface area contributed by atoms with Crippen LogP contribution in [0.5, 0.6) is 0 Å². The van der Waals surface area contributed by atoms with Crippen LogP contribution in [0.3, 0.4) is 0 Å². The Morgan fingerprint density at radius 1 is 1.48 bits per heavy atom. The number of aryl methyl sites for hydroxylation is 1. The summed E-state index contributed by atoms with van der Waals surface area (Å²) < 4.78 is 0. The number of hydrogen-bond donors (Lipinski definition) is 2. The Kier molecular flexibility index (Phi) is 4.86. The van der Waals surface area contributed by atoms with E-state index in [1.54, 1.807) is 6.07 Å². The number of nitrogens with zero attached hydrogens (tertiary/aromatic N) is 1. The largest absolute Gasteiger partial charge is 0.384 e. The van der Waals surface area contributed by atoms with Crippen molar-refractivity contribution in [2.24, 2.45) is 5.41 Å². The molecule has 0 spiro atoms. The van der Waals surface area contributed by atoms with Gasteiger partial charge in [-0.25, -0.2) is 4.98 Å². The maximum Gasteiger partial charge on any atom is 0.251 e. The lowest BCUT2D eigenvalue weighted by molar-refractivity contribution is 0.0902. The van der Waals surface area contributed by atoms with Crippen LogP contribution in [0.4, 0.5) is 5.82 Å². The molecule has 1 heterocycles. The van der Waals surface area contributed by atoms with Crippen molar-refractivity contribution in [2.75, 3.05) is 5.73 Å².